The Kier molecular flexibility index (Phi) is 3.98. The molecule has 3 aromatic rings. The van der Waals surface area contributed by atoms with Crippen molar-refractivity contribution in [2.75, 3.05) is 0 Å². The van der Waals surface area contributed by atoms with Crippen molar-refractivity contribution in [3.05, 3.63) is 52.8 Å². The molecule has 0 aliphatic heterocycles. The summed E-state index contributed by atoms with van der Waals surface area (Å²) in [6.45, 7) is 3.38. The zero-order valence-corrected chi connectivity index (χ0v) is 13.7. The van der Waals surface area contributed by atoms with Gasteiger partial charge in [-0.2, -0.15) is 18.3 Å². The maximum Gasteiger partial charge on any atom is 0.419 e. The van der Waals surface area contributed by atoms with Gasteiger partial charge < -0.3 is 4.74 Å². The fraction of sp³-hybridized carbons (Fsp3) is 0.235. The summed E-state index contributed by atoms with van der Waals surface area (Å²) in [5, 5.41) is 4.67. The number of aromatic nitrogens is 3. The van der Waals surface area contributed by atoms with Crippen LogP contribution in [-0.2, 0) is 13.2 Å². The van der Waals surface area contributed by atoms with Crippen molar-refractivity contribution in [3.63, 3.8) is 0 Å². The minimum absolute atomic E-state index is 0.130. The Morgan fingerprint density at radius 1 is 1.20 bits per heavy atom. The minimum atomic E-state index is -4.62. The van der Waals surface area contributed by atoms with Crippen LogP contribution in [0.25, 0.3) is 11.0 Å². The second-order valence-corrected chi connectivity index (χ2v) is 5.60. The van der Waals surface area contributed by atoms with Crippen LogP contribution in [0, 0.1) is 13.8 Å². The van der Waals surface area contributed by atoms with Crippen molar-refractivity contribution in [3.8, 4) is 5.75 Å². The molecule has 0 spiro atoms. The van der Waals surface area contributed by atoms with Crippen LogP contribution in [-0.4, -0.2) is 20.7 Å². The number of nitrogens with zero attached hydrogens (tertiary/aromatic N) is 3. The number of rotatable bonds is 2. The van der Waals surface area contributed by atoms with Gasteiger partial charge in [0.1, 0.15) is 5.75 Å². The molecule has 0 fully saturated rings. The highest BCUT2D eigenvalue weighted by Gasteiger charge is 2.35. The number of esters is 1. The van der Waals surface area contributed by atoms with E-state index in [-0.39, 0.29) is 5.56 Å². The van der Waals surface area contributed by atoms with Crippen molar-refractivity contribution in [2.24, 2.45) is 7.05 Å². The molecule has 0 N–H and O–H groups in total. The van der Waals surface area contributed by atoms with Gasteiger partial charge in [-0.3, -0.25) is 4.68 Å². The molecule has 1 aromatic carbocycles. The highest BCUT2D eigenvalue weighted by Crippen LogP contribution is 2.36. The summed E-state index contributed by atoms with van der Waals surface area (Å²) in [5.41, 5.74) is 0.666. The Balaban J connectivity index is 2.08. The number of pyridine rings is 1. The van der Waals surface area contributed by atoms with Crippen LogP contribution in [0.15, 0.2) is 30.3 Å². The molecule has 0 saturated carbocycles. The van der Waals surface area contributed by atoms with Crippen LogP contribution in [0.1, 0.15) is 27.3 Å². The lowest BCUT2D eigenvalue weighted by molar-refractivity contribution is -0.138. The number of halogens is 3. The number of alkyl halides is 3. The van der Waals surface area contributed by atoms with Gasteiger partial charge in [-0.1, -0.05) is 12.1 Å². The Labute approximate surface area is 141 Å². The maximum absolute atomic E-state index is 13.1. The third-order valence-corrected chi connectivity index (χ3v) is 3.71. The number of carbonyl (C=O) groups is 1. The standard InChI is InChI=1S/C17H14F3N3O2/c1-9-8-11(14-10(2)22-23(3)15(14)21-9)16(24)25-13-7-5-4-6-12(13)17(18,19)20/h4-8H,1-3H3. The normalized spacial score (nSPS) is 11.8. The molecule has 130 valence electrons. The number of fused-ring (bicyclic) bond motifs is 1. The molecule has 2 heterocycles. The van der Waals surface area contributed by atoms with Gasteiger partial charge >= 0.3 is 12.1 Å². The van der Waals surface area contributed by atoms with E-state index >= 15 is 0 Å². The predicted molar refractivity (Wildman–Crippen MR) is 84.4 cm³/mol. The Hall–Kier alpha value is -2.90. The molecule has 8 heteroatoms. The molecular formula is C17H14F3N3O2. The maximum atomic E-state index is 13.1. The van der Waals surface area contributed by atoms with E-state index in [9.17, 15) is 18.0 Å². The van der Waals surface area contributed by atoms with Gasteiger partial charge in [0.15, 0.2) is 5.65 Å². The van der Waals surface area contributed by atoms with E-state index in [0.29, 0.717) is 22.4 Å². The van der Waals surface area contributed by atoms with Gasteiger partial charge in [-0.05, 0) is 32.0 Å². The lowest BCUT2D eigenvalue weighted by atomic mass is 10.1. The fourth-order valence-corrected chi connectivity index (χ4v) is 2.68. The highest BCUT2D eigenvalue weighted by atomic mass is 19.4. The average Bonchev–Trinajstić information content (AvgIpc) is 2.80. The van der Waals surface area contributed by atoms with E-state index in [0.717, 1.165) is 12.1 Å². The van der Waals surface area contributed by atoms with Gasteiger partial charge in [0, 0.05) is 12.7 Å². The number of aryl methyl sites for hydroxylation is 3. The summed E-state index contributed by atoms with van der Waals surface area (Å²) >= 11 is 0. The Morgan fingerprint density at radius 3 is 2.56 bits per heavy atom. The summed E-state index contributed by atoms with van der Waals surface area (Å²) in [6, 6.07) is 6.07. The van der Waals surface area contributed by atoms with Crippen LogP contribution in [0.5, 0.6) is 5.75 Å². The lowest BCUT2D eigenvalue weighted by Crippen LogP contribution is -2.14. The van der Waals surface area contributed by atoms with Crippen LogP contribution in [0.2, 0.25) is 0 Å². The van der Waals surface area contributed by atoms with E-state index in [1.54, 1.807) is 20.9 Å². The molecule has 2 aromatic heterocycles. The van der Waals surface area contributed by atoms with E-state index in [2.05, 4.69) is 10.1 Å². The number of hydrogen-bond donors (Lipinski definition) is 0. The van der Waals surface area contributed by atoms with Crippen molar-refractivity contribution in [1.82, 2.24) is 14.8 Å². The number of hydrogen-bond acceptors (Lipinski definition) is 4. The molecule has 0 radical (unpaired) electrons. The van der Waals surface area contributed by atoms with Gasteiger partial charge in [0.05, 0.1) is 22.2 Å². The lowest BCUT2D eigenvalue weighted by Gasteiger charge is -2.13. The third-order valence-electron chi connectivity index (χ3n) is 3.71. The van der Waals surface area contributed by atoms with Crippen LogP contribution >= 0.6 is 0 Å². The largest absolute Gasteiger partial charge is 0.422 e. The van der Waals surface area contributed by atoms with Gasteiger partial charge in [0.25, 0.3) is 0 Å². The Morgan fingerprint density at radius 2 is 1.88 bits per heavy atom. The van der Waals surface area contributed by atoms with E-state index in [1.165, 1.54) is 22.9 Å². The smallest absolute Gasteiger partial charge is 0.419 e. The van der Waals surface area contributed by atoms with Crippen LogP contribution < -0.4 is 4.74 Å². The molecule has 0 unspecified atom stereocenters. The van der Waals surface area contributed by atoms with E-state index < -0.39 is 23.5 Å². The SMILES string of the molecule is Cc1cc(C(=O)Oc2ccccc2C(F)(F)F)c2c(C)nn(C)c2n1. The second-order valence-electron chi connectivity index (χ2n) is 5.60. The quantitative estimate of drug-likeness (QED) is 0.521. The summed E-state index contributed by atoms with van der Waals surface area (Å²) < 4.78 is 45.8. The zero-order valence-electron chi connectivity index (χ0n) is 13.7. The first-order valence-corrected chi connectivity index (χ1v) is 7.38. The summed E-state index contributed by atoms with van der Waals surface area (Å²) in [6.07, 6.45) is -4.62. The zero-order chi connectivity index (χ0) is 18.4. The predicted octanol–water partition coefficient (Wildman–Crippen LogP) is 3.82. The molecule has 25 heavy (non-hydrogen) atoms. The number of ether oxygens (including phenoxy) is 1. The first-order chi connectivity index (χ1) is 11.7. The summed E-state index contributed by atoms with van der Waals surface area (Å²) in [4.78, 5) is 16.9. The fourth-order valence-electron chi connectivity index (χ4n) is 2.68. The second kappa shape index (κ2) is 5.87. The molecular weight excluding hydrogens is 335 g/mol. The molecule has 5 nitrogen and oxygen atoms in total. The molecule has 0 atom stereocenters. The van der Waals surface area contributed by atoms with E-state index in [4.69, 9.17) is 4.74 Å². The van der Waals surface area contributed by atoms with E-state index in [1.807, 2.05) is 0 Å². The minimum Gasteiger partial charge on any atom is -0.422 e. The van der Waals surface area contributed by atoms with Crippen molar-refractivity contribution < 1.29 is 22.7 Å². The Bertz CT molecular complexity index is 977. The monoisotopic (exact) mass is 349 g/mol. The average molecular weight is 349 g/mol. The third kappa shape index (κ3) is 3.07. The van der Waals surface area contributed by atoms with Crippen LogP contribution in [0.4, 0.5) is 13.2 Å². The van der Waals surface area contributed by atoms with Crippen molar-refractivity contribution in [2.45, 2.75) is 20.0 Å². The van der Waals surface area contributed by atoms with Crippen LogP contribution in [0.3, 0.4) is 0 Å². The first kappa shape index (κ1) is 16.9. The van der Waals surface area contributed by atoms with Crippen molar-refractivity contribution >= 4 is 17.0 Å². The molecule has 0 bridgehead atoms. The van der Waals surface area contributed by atoms with Gasteiger partial charge in [0.2, 0.25) is 0 Å². The van der Waals surface area contributed by atoms with Gasteiger partial charge in [-0.25, -0.2) is 9.78 Å². The number of benzene rings is 1. The molecule has 0 aliphatic rings. The number of para-hydroxylation sites is 1. The first-order valence-electron chi connectivity index (χ1n) is 7.38. The highest BCUT2D eigenvalue weighted by molar-refractivity contribution is 6.04. The molecule has 0 aliphatic carbocycles. The number of carbonyl (C=O) groups excluding carboxylic acids is 1. The molecule has 3 rings (SSSR count). The topological polar surface area (TPSA) is 57.0 Å². The molecule has 0 saturated heterocycles. The van der Waals surface area contributed by atoms with Gasteiger partial charge in [-0.15, -0.1) is 0 Å². The summed E-state index contributed by atoms with van der Waals surface area (Å²) in [7, 11) is 1.68. The molecule has 0 amide bonds. The summed E-state index contributed by atoms with van der Waals surface area (Å²) in [5.74, 6) is -1.42. The van der Waals surface area contributed by atoms with Crippen molar-refractivity contribution in [1.29, 1.82) is 0 Å².